The molecule has 0 aliphatic rings. The van der Waals surface area contributed by atoms with Gasteiger partial charge in [0.2, 0.25) is 0 Å². The van der Waals surface area contributed by atoms with Crippen LogP contribution in [0.5, 0.6) is 0 Å². The van der Waals surface area contributed by atoms with E-state index in [0.29, 0.717) is 17.0 Å². The van der Waals surface area contributed by atoms with Crippen LogP contribution in [0.2, 0.25) is 0 Å². The molecule has 6 heteroatoms. The molecule has 5 nitrogen and oxygen atoms in total. The first-order valence-electron chi connectivity index (χ1n) is 5.95. The average Bonchev–Trinajstić information content (AvgIpc) is 2.76. The largest absolute Gasteiger partial charge is 0.399 e. The van der Waals surface area contributed by atoms with Gasteiger partial charge in [0.25, 0.3) is 0 Å². The van der Waals surface area contributed by atoms with Gasteiger partial charge in [-0.25, -0.2) is 13.4 Å². The molecule has 0 saturated carbocycles. The molecule has 0 radical (unpaired) electrons. The molecule has 0 unspecified atom stereocenters. The predicted octanol–water partition coefficient (Wildman–Crippen LogP) is 1.33. The fourth-order valence-corrected chi connectivity index (χ4v) is 3.14. The van der Waals surface area contributed by atoms with Gasteiger partial charge in [-0.1, -0.05) is 0 Å². The van der Waals surface area contributed by atoms with Crippen LogP contribution in [0.1, 0.15) is 11.4 Å². The summed E-state index contributed by atoms with van der Waals surface area (Å²) in [7, 11) is -1.45. The number of nitrogens with two attached hydrogens (primary N) is 1. The molecule has 2 rings (SSSR count). The van der Waals surface area contributed by atoms with E-state index in [0.717, 1.165) is 11.4 Å². The number of aromatic nitrogens is 2. The molecule has 102 valence electrons. The molecule has 0 bridgehead atoms. The second kappa shape index (κ2) is 5.05. The monoisotopic (exact) mass is 279 g/mol. The number of benzene rings is 1. The number of aryl methyl sites for hydroxylation is 3. The van der Waals surface area contributed by atoms with E-state index in [1.807, 2.05) is 11.6 Å². The highest BCUT2D eigenvalue weighted by Crippen LogP contribution is 2.18. The van der Waals surface area contributed by atoms with Crippen molar-refractivity contribution in [1.82, 2.24) is 9.55 Å². The first-order valence-corrected chi connectivity index (χ1v) is 7.60. The number of hydrogen-bond donors (Lipinski definition) is 1. The van der Waals surface area contributed by atoms with Crippen LogP contribution in [0, 0.1) is 6.92 Å². The zero-order valence-corrected chi connectivity index (χ0v) is 11.8. The minimum absolute atomic E-state index is 0.0429. The van der Waals surface area contributed by atoms with E-state index >= 15 is 0 Å². The van der Waals surface area contributed by atoms with E-state index in [-0.39, 0.29) is 5.75 Å². The smallest absolute Gasteiger partial charge is 0.178 e. The van der Waals surface area contributed by atoms with E-state index in [1.54, 1.807) is 37.5 Å². The molecule has 19 heavy (non-hydrogen) atoms. The van der Waals surface area contributed by atoms with Gasteiger partial charge in [-0.2, -0.15) is 0 Å². The minimum atomic E-state index is -3.30. The molecule has 0 spiro atoms. The molecular formula is C13H17N3O2S. The van der Waals surface area contributed by atoms with Crippen molar-refractivity contribution in [2.45, 2.75) is 18.2 Å². The first kappa shape index (κ1) is 13.6. The van der Waals surface area contributed by atoms with Gasteiger partial charge in [0, 0.05) is 31.5 Å². The third-order valence-electron chi connectivity index (χ3n) is 3.12. The maximum Gasteiger partial charge on any atom is 0.178 e. The summed E-state index contributed by atoms with van der Waals surface area (Å²) in [5.74, 6) is 0.803. The molecule has 0 fully saturated rings. The third kappa shape index (κ3) is 2.96. The number of imidazole rings is 1. The Bertz CT molecular complexity index is 690. The van der Waals surface area contributed by atoms with Gasteiger partial charge in [-0.3, -0.25) is 0 Å². The number of rotatable bonds is 4. The van der Waals surface area contributed by atoms with Crippen LogP contribution in [0.25, 0.3) is 0 Å². The maximum absolute atomic E-state index is 12.2. The van der Waals surface area contributed by atoms with Crippen LogP contribution in [-0.2, 0) is 23.3 Å². The summed E-state index contributed by atoms with van der Waals surface area (Å²) in [5, 5.41) is 0. The van der Waals surface area contributed by atoms with Crippen molar-refractivity contribution in [1.29, 1.82) is 0 Å². The highest BCUT2D eigenvalue weighted by atomic mass is 32.2. The number of sulfone groups is 1. The van der Waals surface area contributed by atoms with Gasteiger partial charge in [0.05, 0.1) is 10.6 Å². The van der Waals surface area contributed by atoms with Gasteiger partial charge in [-0.15, -0.1) is 0 Å². The molecule has 0 aliphatic heterocycles. The van der Waals surface area contributed by atoms with Crippen molar-refractivity contribution in [3.8, 4) is 0 Å². The Hall–Kier alpha value is -1.82. The topological polar surface area (TPSA) is 78.0 Å². The minimum Gasteiger partial charge on any atom is -0.399 e. The van der Waals surface area contributed by atoms with Crippen LogP contribution < -0.4 is 5.73 Å². The van der Waals surface area contributed by atoms with E-state index in [4.69, 9.17) is 5.73 Å². The Kier molecular flexibility index (Phi) is 3.61. The van der Waals surface area contributed by atoms with Gasteiger partial charge < -0.3 is 10.3 Å². The van der Waals surface area contributed by atoms with Crippen LogP contribution in [0.15, 0.2) is 35.5 Å². The highest BCUT2D eigenvalue weighted by Gasteiger charge is 2.16. The lowest BCUT2D eigenvalue weighted by atomic mass is 10.2. The van der Waals surface area contributed by atoms with Crippen molar-refractivity contribution >= 4 is 15.5 Å². The maximum atomic E-state index is 12.2. The van der Waals surface area contributed by atoms with E-state index in [2.05, 4.69) is 4.98 Å². The quantitative estimate of drug-likeness (QED) is 0.856. The molecule has 0 saturated heterocycles. The van der Waals surface area contributed by atoms with E-state index < -0.39 is 9.84 Å². The molecule has 2 aromatic rings. The predicted molar refractivity (Wildman–Crippen MR) is 74.6 cm³/mol. The van der Waals surface area contributed by atoms with Crippen molar-refractivity contribution < 1.29 is 8.42 Å². The fourth-order valence-electron chi connectivity index (χ4n) is 1.82. The zero-order valence-electron chi connectivity index (χ0n) is 11.0. The average molecular weight is 279 g/mol. The first-order chi connectivity index (χ1) is 8.90. The summed E-state index contributed by atoms with van der Waals surface area (Å²) in [5.41, 5.74) is 7.07. The van der Waals surface area contributed by atoms with Crippen molar-refractivity contribution in [2.75, 3.05) is 11.5 Å². The second-order valence-corrected chi connectivity index (χ2v) is 6.65. The number of nitrogens with zero attached hydrogens (tertiary/aromatic N) is 2. The number of nitrogen functional groups attached to an aromatic ring is 1. The van der Waals surface area contributed by atoms with Crippen molar-refractivity contribution in [3.63, 3.8) is 0 Å². The van der Waals surface area contributed by atoms with E-state index in [1.165, 1.54) is 0 Å². The molecular weight excluding hydrogens is 262 g/mol. The Morgan fingerprint density at radius 3 is 2.68 bits per heavy atom. The van der Waals surface area contributed by atoms with Crippen molar-refractivity contribution in [3.05, 3.63) is 42.0 Å². The molecule has 1 aromatic heterocycles. The lowest BCUT2D eigenvalue weighted by Gasteiger charge is -2.07. The molecule has 0 aliphatic carbocycles. The summed E-state index contributed by atoms with van der Waals surface area (Å²) in [6.45, 7) is 1.80. The standard InChI is InChI=1S/C13H17N3O2S/c1-10-9-11(3-4-12(10)14)19(17,18)8-5-13-15-6-7-16(13)2/h3-4,6-7,9H,5,8,14H2,1-2H3. The fraction of sp³-hybridized carbons (Fsp3) is 0.308. The molecule has 0 amide bonds. The molecule has 2 N–H and O–H groups in total. The normalized spacial score (nSPS) is 11.7. The van der Waals surface area contributed by atoms with Gasteiger partial charge in [0.15, 0.2) is 9.84 Å². The van der Waals surface area contributed by atoms with Crippen LogP contribution in [0.4, 0.5) is 5.69 Å². The van der Waals surface area contributed by atoms with Crippen LogP contribution >= 0.6 is 0 Å². The lowest BCUT2D eigenvalue weighted by Crippen LogP contribution is -2.12. The lowest BCUT2D eigenvalue weighted by molar-refractivity contribution is 0.594. The SMILES string of the molecule is Cc1cc(S(=O)(=O)CCc2nccn2C)ccc1N. The molecule has 0 atom stereocenters. The summed E-state index contributed by atoms with van der Waals surface area (Å²) in [6.07, 6.45) is 3.86. The summed E-state index contributed by atoms with van der Waals surface area (Å²) in [4.78, 5) is 4.44. The van der Waals surface area contributed by atoms with Crippen molar-refractivity contribution in [2.24, 2.45) is 7.05 Å². The Labute approximate surface area is 113 Å². The Morgan fingerprint density at radius 1 is 1.37 bits per heavy atom. The van der Waals surface area contributed by atoms with Gasteiger partial charge in [0.1, 0.15) is 5.82 Å². The summed E-state index contributed by atoms with van der Waals surface area (Å²) >= 11 is 0. The summed E-state index contributed by atoms with van der Waals surface area (Å²) in [6, 6.07) is 4.79. The molecule has 1 aromatic carbocycles. The highest BCUT2D eigenvalue weighted by molar-refractivity contribution is 7.91. The number of hydrogen-bond acceptors (Lipinski definition) is 4. The Balaban J connectivity index is 2.18. The third-order valence-corrected chi connectivity index (χ3v) is 4.83. The van der Waals surface area contributed by atoms with E-state index in [9.17, 15) is 8.42 Å². The zero-order chi connectivity index (χ0) is 14.0. The second-order valence-electron chi connectivity index (χ2n) is 4.54. The van der Waals surface area contributed by atoms with Gasteiger partial charge >= 0.3 is 0 Å². The summed E-state index contributed by atoms with van der Waals surface area (Å²) < 4.78 is 26.3. The molecule has 1 heterocycles. The van der Waals surface area contributed by atoms with Gasteiger partial charge in [-0.05, 0) is 30.7 Å². The van der Waals surface area contributed by atoms with Crippen LogP contribution in [0.3, 0.4) is 0 Å². The van der Waals surface area contributed by atoms with Crippen LogP contribution in [-0.4, -0.2) is 23.7 Å². The Morgan fingerprint density at radius 2 is 2.11 bits per heavy atom. The number of anilines is 1.